The molecule has 108 valence electrons. The number of anilines is 1. The first-order valence-electron chi connectivity index (χ1n) is 6.45. The minimum absolute atomic E-state index is 0.224. The number of hydrogen-bond acceptors (Lipinski definition) is 4. The van der Waals surface area contributed by atoms with Crippen LogP contribution in [0.4, 0.5) is 5.13 Å². The second-order valence-corrected chi connectivity index (χ2v) is 5.65. The van der Waals surface area contributed by atoms with E-state index in [4.69, 9.17) is 4.74 Å². The zero-order valence-electron chi connectivity index (χ0n) is 12.0. The van der Waals surface area contributed by atoms with Crippen LogP contribution in [0.2, 0.25) is 0 Å². The van der Waals surface area contributed by atoms with Crippen molar-refractivity contribution in [1.82, 2.24) is 9.55 Å². The zero-order chi connectivity index (χ0) is 15.0. The van der Waals surface area contributed by atoms with Crippen LogP contribution >= 0.6 is 11.3 Å². The SMILES string of the molecule is COc1c(C(=O)Nc2nccs2)n(C)c2ccc(C)cc12. The molecule has 0 bridgehead atoms. The molecule has 1 amide bonds. The Kier molecular flexibility index (Phi) is 3.39. The van der Waals surface area contributed by atoms with E-state index in [1.54, 1.807) is 13.3 Å². The number of aryl methyl sites for hydroxylation is 2. The fourth-order valence-electron chi connectivity index (χ4n) is 2.43. The maximum absolute atomic E-state index is 12.5. The molecule has 3 aromatic rings. The lowest BCUT2D eigenvalue weighted by Crippen LogP contribution is -2.16. The molecule has 0 radical (unpaired) electrons. The highest BCUT2D eigenvalue weighted by atomic mass is 32.1. The van der Waals surface area contributed by atoms with Crippen molar-refractivity contribution < 1.29 is 9.53 Å². The van der Waals surface area contributed by atoms with Crippen LogP contribution in [0.5, 0.6) is 5.75 Å². The summed E-state index contributed by atoms with van der Waals surface area (Å²) in [5.74, 6) is 0.364. The number of thiazole rings is 1. The van der Waals surface area contributed by atoms with E-state index in [9.17, 15) is 4.79 Å². The van der Waals surface area contributed by atoms with E-state index < -0.39 is 0 Å². The van der Waals surface area contributed by atoms with Gasteiger partial charge in [0, 0.05) is 24.0 Å². The number of rotatable bonds is 3. The second-order valence-electron chi connectivity index (χ2n) is 4.75. The fourth-order valence-corrected chi connectivity index (χ4v) is 2.95. The van der Waals surface area contributed by atoms with E-state index in [0.717, 1.165) is 16.5 Å². The van der Waals surface area contributed by atoms with Gasteiger partial charge in [-0.2, -0.15) is 0 Å². The maximum atomic E-state index is 12.5. The molecule has 1 N–H and O–H groups in total. The first-order valence-corrected chi connectivity index (χ1v) is 7.33. The summed E-state index contributed by atoms with van der Waals surface area (Å²) in [4.78, 5) is 16.6. The van der Waals surface area contributed by atoms with Gasteiger partial charge in [0.05, 0.1) is 12.6 Å². The van der Waals surface area contributed by atoms with Crippen molar-refractivity contribution in [2.45, 2.75) is 6.92 Å². The molecule has 2 heterocycles. The fraction of sp³-hybridized carbons (Fsp3) is 0.200. The number of aromatic nitrogens is 2. The van der Waals surface area contributed by atoms with Crippen molar-refractivity contribution in [3.8, 4) is 5.75 Å². The Balaban J connectivity index is 2.13. The Morgan fingerprint density at radius 3 is 2.90 bits per heavy atom. The molecule has 3 rings (SSSR count). The Hall–Kier alpha value is -2.34. The predicted molar refractivity (Wildman–Crippen MR) is 84.3 cm³/mol. The van der Waals surface area contributed by atoms with Gasteiger partial charge in [0.15, 0.2) is 16.6 Å². The molecule has 0 saturated heterocycles. The largest absolute Gasteiger partial charge is 0.494 e. The van der Waals surface area contributed by atoms with Crippen LogP contribution in [-0.4, -0.2) is 22.6 Å². The third-order valence-corrected chi connectivity index (χ3v) is 4.07. The van der Waals surface area contributed by atoms with Gasteiger partial charge in [0.2, 0.25) is 0 Å². The minimum atomic E-state index is -0.224. The summed E-state index contributed by atoms with van der Waals surface area (Å²) in [5.41, 5.74) is 2.58. The van der Waals surface area contributed by atoms with Gasteiger partial charge in [0.25, 0.3) is 5.91 Å². The predicted octanol–water partition coefficient (Wildman–Crippen LogP) is 3.20. The second kappa shape index (κ2) is 5.21. The van der Waals surface area contributed by atoms with E-state index in [2.05, 4.69) is 10.3 Å². The van der Waals surface area contributed by atoms with Crippen molar-refractivity contribution in [3.05, 3.63) is 41.0 Å². The molecule has 1 aromatic carbocycles. The summed E-state index contributed by atoms with van der Waals surface area (Å²) in [5, 5.41) is 6.12. The first kappa shape index (κ1) is 13.6. The lowest BCUT2D eigenvalue weighted by Gasteiger charge is -2.06. The molecule has 0 aliphatic rings. The van der Waals surface area contributed by atoms with Gasteiger partial charge in [-0.25, -0.2) is 4.98 Å². The Bertz CT molecular complexity index is 806. The van der Waals surface area contributed by atoms with Gasteiger partial charge in [-0.05, 0) is 19.1 Å². The summed E-state index contributed by atoms with van der Waals surface area (Å²) in [6.07, 6.45) is 1.66. The minimum Gasteiger partial charge on any atom is -0.494 e. The number of carbonyl (C=O) groups excluding carboxylic acids is 1. The third kappa shape index (κ3) is 2.27. The standard InChI is InChI=1S/C15H15N3O2S/c1-9-4-5-11-10(8-9)13(20-3)12(18(11)2)14(19)17-15-16-6-7-21-15/h4-8H,1-3H3,(H,16,17,19). The van der Waals surface area contributed by atoms with Gasteiger partial charge in [-0.3, -0.25) is 10.1 Å². The van der Waals surface area contributed by atoms with E-state index in [1.165, 1.54) is 11.3 Å². The van der Waals surface area contributed by atoms with Crippen molar-refractivity contribution >= 4 is 33.3 Å². The topological polar surface area (TPSA) is 56.1 Å². The van der Waals surface area contributed by atoms with E-state index >= 15 is 0 Å². The molecule has 5 nitrogen and oxygen atoms in total. The third-order valence-electron chi connectivity index (χ3n) is 3.38. The summed E-state index contributed by atoms with van der Waals surface area (Å²) < 4.78 is 7.32. The maximum Gasteiger partial charge on any atom is 0.277 e. The number of amides is 1. The van der Waals surface area contributed by atoms with Crippen LogP contribution in [0.3, 0.4) is 0 Å². The van der Waals surface area contributed by atoms with Crippen LogP contribution in [-0.2, 0) is 7.05 Å². The smallest absolute Gasteiger partial charge is 0.277 e. The molecule has 6 heteroatoms. The Labute approximate surface area is 126 Å². The number of benzene rings is 1. The lowest BCUT2D eigenvalue weighted by atomic mass is 10.1. The molecule has 21 heavy (non-hydrogen) atoms. The molecular weight excluding hydrogens is 286 g/mol. The summed E-state index contributed by atoms with van der Waals surface area (Å²) in [6, 6.07) is 6.03. The van der Waals surface area contributed by atoms with Gasteiger partial charge in [0.1, 0.15) is 0 Å². The highest BCUT2D eigenvalue weighted by molar-refractivity contribution is 7.13. The highest BCUT2D eigenvalue weighted by Gasteiger charge is 2.22. The highest BCUT2D eigenvalue weighted by Crippen LogP contribution is 2.33. The number of carbonyl (C=O) groups is 1. The molecule has 0 fully saturated rings. The molecule has 0 aliphatic heterocycles. The summed E-state index contributed by atoms with van der Waals surface area (Å²) in [6.45, 7) is 2.02. The molecule has 0 saturated carbocycles. The molecule has 0 spiro atoms. The molecule has 2 aromatic heterocycles. The average Bonchev–Trinajstić information content (AvgIpc) is 3.05. The molecule has 0 atom stereocenters. The lowest BCUT2D eigenvalue weighted by molar-refractivity contribution is 0.101. The quantitative estimate of drug-likeness (QED) is 0.808. The van der Waals surface area contributed by atoms with Crippen molar-refractivity contribution in [2.24, 2.45) is 7.05 Å². The first-order chi connectivity index (χ1) is 10.1. The number of nitrogens with one attached hydrogen (secondary N) is 1. The number of methoxy groups -OCH3 is 1. The van der Waals surface area contributed by atoms with Gasteiger partial charge >= 0.3 is 0 Å². The van der Waals surface area contributed by atoms with E-state index in [-0.39, 0.29) is 5.91 Å². The van der Waals surface area contributed by atoms with Crippen LogP contribution in [0, 0.1) is 6.92 Å². The van der Waals surface area contributed by atoms with Crippen molar-refractivity contribution in [3.63, 3.8) is 0 Å². The summed E-state index contributed by atoms with van der Waals surface area (Å²) >= 11 is 1.38. The summed E-state index contributed by atoms with van der Waals surface area (Å²) in [7, 11) is 3.44. The number of ether oxygens (including phenoxy) is 1. The van der Waals surface area contributed by atoms with Crippen molar-refractivity contribution in [1.29, 1.82) is 0 Å². The van der Waals surface area contributed by atoms with Crippen LogP contribution in [0.1, 0.15) is 16.1 Å². The molecular formula is C15H15N3O2S. The zero-order valence-corrected chi connectivity index (χ0v) is 12.8. The van der Waals surface area contributed by atoms with E-state index in [1.807, 2.05) is 42.1 Å². The average molecular weight is 301 g/mol. The van der Waals surface area contributed by atoms with Gasteiger partial charge in [-0.15, -0.1) is 11.3 Å². The number of hydrogen-bond donors (Lipinski definition) is 1. The van der Waals surface area contributed by atoms with Crippen LogP contribution < -0.4 is 10.1 Å². The number of fused-ring (bicyclic) bond motifs is 1. The molecule has 0 unspecified atom stereocenters. The van der Waals surface area contributed by atoms with Crippen molar-refractivity contribution in [2.75, 3.05) is 12.4 Å². The van der Waals surface area contributed by atoms with Gasteiger partial charge < -0.3 is 9.30 Å². The van der Waals surface area contributed by atoms with Crippen LogP contribution in [0.15, 0.2) is 29.8 Å². The molecule has 0 aliphatic carbocycles. The monoisotopic (exact) mass is 301 g/mol. The Morgan fingerprint density at radius 2 is 2.24 bits per heavy atom. The van der Waals surface area contributed by atoms with Crippen LogP contribution in [0.25, 0.3) is 10.9 Å². The normalized spacial score (nSPS) is 10.8. The van der Waals surface area contributed by atoms with E-state index in [0.29, 0.717) is 16.6 Å². The van der Waals surface area contributed by atoms with Gasteiger partial charge in [-0.1, -0.05) is 11.6 Å². The number of nitrogens with zero attached hydrogens (tertiary/aromatic N) is 2. The Morgan fingerprint density at radius 1 is 1.43 bits per heavy atom.